The second-order valence-corrected chi connectivity index (χ2v) is 6.14. The molecule has 0 saturated carbocycles. The van der Waals surface area contributed by atoms with Crippen LogP contribution in [0.15, 0.2) is 24.3 Å². The van der Waals surface area contributed by atoms with E-state index in [1.165, 1.54) is 7.11 Å². The zero-order valence-electron chi connectivity index (χ0n) is 14.6. The Balaban J connectivity index is 1.86. The van der Waals surface area contributed by atoms with E-state index in [0.717, 1.165) is 25.9 Å². The van der Waals surface area contributed by atoms with Crippen LogP contribution in [0.1, 0.15) is 33.1 Å². The fraction of sp³-hybridized carbons (Fsp3) is 0.556. The number of carbonyl (C=O) groups excluding carboxylic acids is 2. The van der Waals surface area contributed by atoms with Crippen molar-refractivity contribution in [1.29, 1.82) is 0 Å². The second-order valence-electron chi connectivity index (χ2n) is 6.14. The topological polar surface area (TPSA) is 67.9 Å². The Bertz CT molecular complexity index is 561. The van der Waals surface area contributed by atoms with Crippen LogP contribution in [0.25, 0.3) is 0 Å². The van der Waals surface area contributed by atoms with E-state index in [1.54, 1.807) is 31.2 Å². The van der Waals surface area contributed by atoms with Crippen LogP contribution in [0, 0.1) is 0 Å². The highest BCUT2D eigenvalue weighted by atomic mass is 16.5. The van der Waals surface area contributed by atoms with Crippen molar-refractivity contribution in [2.24, 2.45) is 0 Å². The third-order valence-corrected chi connectivity index (χ3v) is 4.54. The molecule has 1 saturated heterocycles. The minimum absolute atomic E-state index is 0.0173. The van der Waals surface area contributed by atoms with Gasteiger partial charge in [0.25, 0.3) is 11.8 Å². The third kappa shape index (κ3) is 4.47. The zero-order valence-corrected chi connectivity index (χ0v) is 14.6. The SMILES string of the molecule is CC[C@](C)(OC)C(=O)Nc1ccc(OCC(=O)N2CCCC2)cc1. The molecule has 1 N–H and O–H groups in total. The maximum absolute atomic E-state index is 12.2. The van der Waals surface area contributed by atoms with E-state index in [0.29, 0.717) is 17.9 Å². The molecule has 0 aromatic heterocycles. The van der Waals surface area contributed by atoms with Crippen molar-refractivity contribution in [2.75, 3.05) is 32.1 Å². The van der Waals surface area contributed by atoms with E-state index < -0.39 is 5.60 Å². The second kappa shape index (κ2) is 8.15. The Labute approximate surface area is 143 Å². The largest absolute Gasteiger partial charge is 0.484 e. The van der Waals surface area contributed by atoms with Crippen LogP contribution in [0.3, 0.4) is 0 Å². The van der Waals surface area contributed by atoms with Crippen LogP contribution in [-0.2, 0) is 14.3 Å². The summed E-state index contributed by atoms with van der Waals surface area (Å²) in [7, 11) is 1.53. The number of rotatable bonds is 7. The van der Waals surface area contributed by atoms with E-state index in [9.17, 15) is 9.59 Å². The summed E-state index contributed by atoms with van der Waals surface area (Å²) in [4.78, 5) is 26.0. The number of anilines is 1. The van der Waals surface area contributed by atoms with Crippen LogP contribution >= 0.6 is 0 Å². The molecule has 132 valence electrons. The molecule has 1 aromatic rings. The summed E-state index contributed by atoms with van der Waals surface area (Å²) >= 11 is 0. The lowest BCUT2D eigenvalue weighted by Gasteiger charge is -2.25. The molecule has 0 radical (unpaired) electrons. The van der Waals surface area contributed by atoms with Crippen LogP contribution in [0.4, 0.5) is 5.69 Å². The van der Waals surface area contributed by atoms with Gasteiger partial charge in [-0.25, -0.2) is 0 Å². The lowest BCUT2D eigenvalue weighted by Crippen LogP contribution is -2.41. The van der Waals surface area contributed by atoms with Crippen molar-refractivity contribution < 1.29 is 19.1 Å². The summed E-state index contributed by atoms with van der Waals surface area (Å²) in [6, 6.07) is 6.98. The Morgan fingerprint density at radius 1 is 1.21 bits per heavy atom. The molecule has 0 aliphatic carbocycles. The molecule has 1 heterocycles. The maximum atomic E-state index is 12.2. The maximum Gasteiger partial charge on any atom is 0.260 e. The van der Waals surface area contributed by atoms with Gasteiger partial charge in [0.05, 0.1) is 0 Å². The summed E-state index contributed by atoms with van der Waals surface area (Å²) in [6.45, 7) is 5.34. The Hall–Kier alpha value is -2.08. The number of hydrogen-bond donors (Lipinski definition) is 1. The molecule has 1 atom stereocenters. The van der Waals surface area contributed by atoms with Crippen LogP contribution in [-0.4, -0.2) is 49.1 Å². The van der Waals surface area contributed by atoms with E-state index in [1.807, 2.05) is 11.8 Å². The molecule has 24 heavy (non-hydrogen) atoms. The number of nitrogens with one attached hydrogen (secondary N) is 1. The molecule has 0 unspecified atom stereocenters. The quantitative estimate of drug-likeness (QED) is 0.832. The predicted octanol–water partition coefficient (Wildman–Crippen LogP) is 2.44. The van der Waals surface area contributed by atoms with Gasteiger partial charge in [-0.15, -0.1) is 0 Å². The van der Waals surface area contributed by atoms with Crippen LogP contribution < -0.4 is 10.1 Å². The van der Waals surface area contributed by atoms with Gasteiger partial charge in [-0.2, -0.15) is 0 Å². The fourth-order valence-corrected chi connectivity index (χ4v) is 2.50. The highest BCUT2D eigenvalue weighted by molar-refractivity contribution is 5.97. The van der Waals surface area contributed by atoms with Crippen molar-refractivity contribution in [1.82, 2.24) is 4.90 Å². The molecule has 0 bridgehead atoms. The molecule has 6 nitrogen and oxygen atoms in total. The first kappa shape index (κ1) is 18.3. The first-order chi connectivity index (χ1) is 11.5. The monoisotopic (exact) mass is 334 g/mol. The summed E-state index contributed by atoms with van der Waals surface area (Å²) < 4.78 is 10.8. The van der Waals surface area contributed by atoms with Crippen molar-refractivity contribution in [3.8, 4) is 5.75 Å². The fourth-order valence-electron chi connectivity index (χ4n) is 2.50. The molecular weight excluding hydrogens is 308 g/mol. The number of amides is 2. The van der Waals surface area contributed by atoms with Crippen molar-refractivity contribution in [3.05, 3.63) is 24.3 Å². The third-order valence-electron chi connectivity index (χ3n) is 4.54. The molecule has 0 spiro atoms. The zero-order chi connectivity index (χ0) is 17.6. The highest BCUT2D eigenvalue weighted by Gasteiger charge is 2.30. The number of ether oxygens (including phenoxy) is 2. The van der Waals surface area contributed by atoms with Gasteiger partial charge < -0.3 is 19.7 Å². The van der Waals surface area contributed by atoms with Crippen LogP contribution in [0.5, 0.6) is 5.75 Å². The molecule has 2 amide bonds. The van der Waals surface area contributed by atoms with E-state index >= 15 is 0 Å². The predicted molar refractivity (Wildman–Crippen MR) is 92.1 cm³/mol. The minimum Gasteiger partial charge on any atom is -0.484 e. The standard InChI is InChI=1S/C18H26N2O4/c1-4-18(2,23-3)17(22)19-14-7-9-15(10-8-14)24-13-16(21)20-11-5-6-12-20/h7-10H,4-6,11-13H2,1-3H3,(H,19,22)/t18-/m0/s1. The Morgan fingerprint density at radius 2 is 1.83 bits per heavy atom. The molecule has 1 aliphatic rings. The lowest BCUT2D eigenvalue weighted by atomic mass is 10.0. The average Bonchev–Trinajstić information content (AvgIpc) is 3.14. The normalized spacial score (nSPS) is 16.5. The van der Waals surface area contributed by atoms with E-state index in [4.69, 9.17) is 9.47 Å². The van der Waals surface area contributed by atoms with Gasteiger partial charge >= 0.3 is 0 Å². The minimum atomic E-state index is -0.850. The van der Waals surface area contributed by atoms with Crippen molar-refractivity contribution in [2.45, 2.75) is 38.7 Å². The number of methoxy groups -OCH3 is 1. The van der Waals surface area contributed by atoms with Crippen molar-refractivity contribution in [3.63, 3.8) is 0 Å². The summed E-state index contributed by atoms with van der Waals surface area (Å²) in [5.41, 5.74) is -0.188. The molecule has 6 heteroatoms. The number of hydrogen-bond acceptors (Lipinski definition) is 4. The van der Waals surface area contributed by atoms with E-state index in [-0.39, 0.29) is 18.4 Å². The van der Waals surface area contributed by atoms with Gasteiger partial charge in [0, 0.05) is 25.9 Å². The van der Waals surface area contributed by atoms with Crippen LogP contribution in [0.2, 0.25) is 0 Å². The average molecular weight is 334 g/mol. The van der Waals surface area contributed by atoms with Gasteiger partial charge in [-0.1, -0.05) is 6.92 Å². The Morgan fingerprint density at radius 3 is 2.38 bits per heavy atom. The molecular formula is C18H26N2O4. The first-order valence-corrected chi connectivity index (χ1v) is 8.36. The summed E-state index contributed by atoms with van der Waals surface area (Å²) in [5, 5.41) is 2.83. The van der Waals surface area contributed by atoms with Crippen molar-refractivity contribution >= 4 is 17.5 Å². The smallest absolute Gasteiger partial charge is 0.260 e. The number of carbonyl (C=O) groups is 2. The highest BCUT2D eigenvalue weighted by Crippen LogP contribution is 2.20. The van der Waals surface area contributed by atoms with Gasteiger partial charge in [-0.3, -0.25) is 9.59 Å². The summed E-state index contributed by atoms with van der Waals surface area (Å²) in [6.07, 6.45) is 2.71. The van der Waals surface area contributed by atoms with Gasteiger partial charge in [0.1, 0.15) is 11.4 Å². The number of benzene rings is 1. The molecule has 1 aliphatic heterocycles. The Kier molecular flexibility index (Phi) is 6.20. The molecule has 1 fully saturated rings. The van der Waals surface area contributed by atoms with Gasteiger partial charge in [0.2, 0.25) is 0 Å². The molecule has 1 aromatic carbocycles. The first-order valence-electron chi connectivity index (χ1n) is 8.36. The number of likely N-dealkylation sites (tertiary alicyclic amines) is 1. The number of nitrogens with zero attached hydrogens (tertiary/aromatic N) is 1. The van der Waals surface area contributed by atoms with Gasteiger partial charge in [0.15, 0.2) is 6.61 Å². The molecule has 2 rings (SSSR count). The summed E-state index contributed by atoms with van der Waals surface area (Å²) in [5.74, 6) is 0.430. The van der Waals surface area contributed by atoms with Gasteiger partial charge in [-0.05, 0) is 50.5 Å². The van der Waals surface area contributed by atoms with E-state index in [2.05, 4.69) is 5.32 Å². The lowest BCUT2D eigenvalue weighted by molar-refractivity contribution is -0.136.